The molecule has 0 aliphatic rings. The van der Waals surface area contributed by atoms with Crippen molar-refractivity contribution in [1.82, 2.24) is 11.1 Å². The first kappa shape index (κ1) is 20.2. The quantitative estimate of drug-likeness (QED) is 0.669. The molecular formula is C7H22N2O5S. The molecule has 0 amide bonds. The van der Waals surface area contributed by atoms with Gasteiger partial charge in [0, 0.05) is 0 Å². The lowest BCUT2D eigenvalue weighted by Crippen LogP contribution is -2.17. The Kier molecular flexibility index (Phi) is 13.8. The number of hydrogen-bond donors (Lipinski definition) is 2. The van der Waals surface area contributed by atoms with Gasteiger partial charge in [-0.3, -0.25) is 4.18 Å². The molecular weight excluding hydrogens is 224 g/mol. The third-order valence-electron chi connectivity index (χ3n) is 0.782. The van der Waals surface area contributed by atoms with E-state index in [2.05, 4.69) is 8.37 Å². The fourth-order valence-electron chi connectivity index (χ4n) is 0.243. The minimum atomic E-state index is -3.98. The third-order valence-corrected chi connectivity index (χ3v) is 1.65. The van der Waals surface area contributed by atoms with Crippen LogP contribution in [0, 0.1) is 0 Å². The Morgan fingerprint density at radius 3 is 1.87 bits per heavy atom. The summed E-state index contributed by atoms with van der Waals surface area (Å²) in [7, 11) is 2.98. The minimum Gasteiger partial charge on any atom is -0.367 e. The molecule has 0 radical (unpaired) electrons. The van der Waals surface area contributed by atoms with Crippen LogP contribution in [0.5, 0.6) is 0 Å². The first-order valence-electron chi connectivity index (χ1n) is 4.03. The van der Waals surface area contributed by atoms with Crippen LogP contribution in [0.25, 0.3) is 0 Å². The Labute approximate surface area is 91.9 Å². The standard InChI is InChI=1S/C4H10O5S.C3H9N.H3N/c1-3-4(5)9-10(6,7)8-2;1-4(2)3;/h4-5H,3H2,1-2H3;1-3H3;1H3. The molecule has 0 aromatic carbocycles. The van der Waals surface area contributed by atoms with Crippen molar-refractivity contribution < 1.29 is 21.9 Å². The maximum atomic E-state index is 10.4. The Balaban J connectivity index is -0.000000249. The molecule has 0 aliphatic carbocycles. The molecule has 15 heavy (non-hydrogen) atoms. The Bertz CT molecular complexity index is 215. The van der Waals surface area contributed by atoms with Gasteiger partial charge in [-0.15, -0.1) is 0 Å². The largest absolute Gasteiger partial charge is 0.402 e. The zero-order valence-electron chi connectivity index (χ0n) is 9.93. The smallest absolute Gasteiger partial charge is 0.367 e. The summed E-state index contributed by atoms with van der Waals surface area (Å²) in [5.74, 6) is 0. The van der Waals surface area contributed by atoms with Gasteiger partial charge in [0.25, 0.3) is 0 Å². The Morgan fingerprint density at radius 1 is 1.33 bits per heavy atom. The second-order valence-corrected chi connectivity index (χ2v) is 4.22. The summed E-state index contributed by atoms with van der Waals surface area (Å²) in [6.45, 7) is 1.58. The molecule has 1 atom stereocenters. The minimum absolute atomic E-state index is 0. The molecule has 0 saturated carbocycles. The van der Waals surface area contributed by atoms with Gasteiger partial charge in [-0.1, -0.05) is 6.92 Å². The first-order chi connectivity index (χ1) is 6.25. The molecule has 1 unspecified atom stereocenters. The van der Waals surface area contributed by atoms with Crippen molar-refractivity contribution in [1.29, 1.82) is 0 Å². The van der Waals surface area contributed by atoms with Crippen molar-refractivity contribution in [3.05, 3.63) is 0 Å². The normalized spacial score (nSPS) is 12.5. The topological polar surface area (TPSA) is 111 Å². The van der Waals surface area contributed by atoms with Crippen LogP contribution in [0.4, 0.5) is 0 Å². The number of aliphatic hydroxyl groups is 1. The Hall–Kier alpha value is -0.250. The van der Waals surface area contributed by atoms with E-state index in [-0.39, 0.29) is 12.6 Å². The molecule has 0 fully saturated rings. The van der Waals surface area contributed by atoms with Crippen LogP contribution < -0.4 is 6.15 Å². The van der Waals surface area contributed by atoms with Crippen LogP contribution in [0.15, 0.2) is 0 Å². The summed E-state index contributed by atoms with van der Waals surface area (Å²) < 4.78 is 28.7. The summed E-state index contributed by atoms with van der Waals surface area (Å²) >= 11 is 0. The van der Waals surface area contributed by atoms with Crippen molar-refractivity contribution in [3.63, 3.8) is 0 Å². The summed E-state index contributed by atoms with van der Waals surface area (Å²) in [5.41, 5.74) is 0. The third kappa shape index (κ3) is 20.0. The molecule has 96 valence electrons. The van der Waals surface area contributed by atoms with E-state index in [4.69, 9.17) is 5.11 Å². The lowest BCUT2D eigenvalue weighted by Gasteiger charge is -2.06. The second-order valence-electron chi connectivity index (χ2n) is 2.88. The fourth-order valence-corrected chi connectivity index (χ4v) is 0.730. The van der Waals surface area contributed by atoms with Gasteiger partial charge in [0.15, 0.2) is 6.29 Å². The van der Waals surface area contributed by atoms with Crippen LogP contribution in [0.3, 0.4) is 0 Å². The molecule has 0 bridgehead atoms. The van der Waals surface area contributed by atoms with E-state index in [1.807, 2.05) is 26.0 Å². The second kappa shape index (κ2) is 10.3. The maximum absolute atomic E-state index is 10.4. The van der Waals surface area contributed by atoms with Crippen molar-refractivity contribution in [2.75, 3.05) is 28.3 Å². The summed E-state index contributed by atoms with van der Waals surface area (Å²) in [5, 5.41) is 8.64. The number of hydrogen-bond acceptors (Lipinski definition) is 7. The van der Waals surface area contributed by atoms with E-state index in [1.54, 1.807) is 6.92 Å². The highest BCUT2D eigenvalue weighted by atomic mass is 32.3. The van der Waals surface area contributed by atoms with Gasteiger partial charge in [0.05, 0.1) is 7.11 Å². The summed E-state index contributed by atoms with van der Waals surface area (Å²) in [6.07, 6.45) is -1.12. The number of aliphatic hydroxyl groups excluding tert-OH is 1. The predicted octanol–water partition coefficient (Wildman–Crippen LogP) is -0.0376. The number of nitrogens with zero attached hydrogens (tertiary/aromatic N) is 1. The van der Waals surface area contributed by atoms with Gasteiger partial charge in [0.2, 0.25) is 0 Å². The van der Waals surface area contributed by atoms with Crippen molar-refractivity contribution in [2.45, 2.75) is 19.6 Å². The molecule has 0 heterocycles. The lowest BCUT2D eigenvalue weighted by atomic mass is 10.5. The zero-order chi connectivity index (χ0) is 11.8. The van der Waals surface area contributed by atoms with E-state index in [1.165, 1.54) is 0 Å². The van der Waals surface area contributed by atoms with Crippen LogP contribution in [0.1, 0.15) is 13.3 Å². The summed E-state index contributed by atoms with van der Waals surface area (Å²) in [4.78, 5) is 2.00. The SMILES string of the molecule is CCC(O)OS(=O)(=O)OC.CN(C)C.N. The van der Waals surface area contributed by atoms with E-state index in [0.717, 1.165) is 7.11 Å². The first-order valence-corrected chi connectivity index (χ1v) is 5.36. The van der Waals surface area contributed by atoms with Crippen LogP contribution in [-0.2, 0) is 18.8 Å². The van der Waals surface area contributed by atoms with Gasteiger partial charge in [0.1, 0.15) is 0 Å². The average molecular weight is 246 g/mol. The lowest BCUT2D eigenvalue weighted by molar-refractivity contribution is -0.0234. The summed E-state index contributed by atoms with van der Waals surface area (Å²) in [6, 6.07) is 0. The van der Waals surface area contributed by atoms with Crippen molar-refractivity contribution in [3.8, 4) is 0 Å². The van der Waals surface area contributed by atoms with Crippen LogP contribution in [-0.4, -0.2) is 53.0 Å². The van der Waals surface area contributed by atoms with Gasteiger partial charge < -0.3 is 16.2 Å². The van der Waals surface area contributed by atoms with Gasteiger partial charge in [-0.05, 0) is 27.6 Å². The molecule has 4 N–H and O–H groups in total. The molecule has 0 aromatic rings. The molecule has 0 rings (SSSR count). The Morgan fingerprint density at radius 2 is 1.67 bits per heavy atom. The highest BCUT2D eigenvalue weighted by Gasteiger charge is 2.13. The van der Waals surface area contributed by atoms with Gasteiger partial charge in [-0.25, -0.2) is 4.18 Å². The van der Waals surface area contributed by atoms with E-state index >= 15 is 0 Å². The van der Waals surface area contributed by atoms with Crippen molar-refractivity contribution >= 4 is 10.4 Å². The molecule has 0 spiro atoms. The molecule has 7 nitrogen and oxygen atoms in total. The maximum Gasteiger partial charge on any atom is 0.402 e. The molecule has 0 aliphatic heterocycles. The molecule has 8 heteroatoms. The fraction of sp³-hybridized carbons (Fsp3) is 1.00. The van der Waals surface area contributed by atoms with Crippen LogP contribution >= 0.6 is 0 Å². The highest BCUT2D eigenvalue weighted by molar-refractivity contribution is 7.81. The monoisotopic (exact) mass is 246 g/mol. The van der Waals surface area contributed by atoms with E-state index in [9.17, 15) is 8.42 Å². The highest BCUT2D eigenvalue weighted by Crippen LogP contribution is 2.00. The molecule has 0 saturated heterocycles. The van der Waals surface area contributed by atoms with Crippen molar-refractivity contribution in [2.24, 2.45) is 0 Å². The van der Waals surface area contributed by atoms with Crippen LogP contribution in [0.2, 0.25) is 0 Å². The van der Waals surface area contributed by atoms with E-state index in [0.29, 0.717) is 0 Å². The van der Waals surface area contributed by atoms with Gasteiger partial charge in [-0.2, -0.15) is 8.42 Å². The zero-order valence-corrected chi connectivity index (χ0v) is 10.7. The average Bonchev–Trinajstić information content (AvgIpc) is 2.02. The number of rotatable bonds is 4. The van der Waals surface area contributed by atoms with E-state index < -0.39 is 16.7 Å². The van der Waals surface area contributed by atoms with Gasteiger partial charge >= 0.3 is 10.4 Å². The predicted molar refractivity (Wildman–Crippen MR) is 57.9 cm³/mol. The molecule has 0 aromatic heterocycles.